The van der Waals surface area contributed by atoms with Crippen molar-refractivity contribution in [2.24, 2.45) is 5.73 Å². The van der Waals surface area contributed by atoms with Gasteiger partial charge in [0.15, 0.2) is 0 Å². The first-order chi connectivity index (χ1) is 8.81. The van der Waals surface area contributed by atoms with E-state index >= 15 is 0 Å². The summed E-state index contributed by atoms with van der Waals surface area (Å²) in [7, 11) is 0. The monoisotopic (exact) mass is 244 g/mol. The van der Waals surface area contributed by atoms with Crippen molar-refractivity contribution in [3.05, 3.63) is 35.4 Å². The van der Waals surface area contributed by atoms with Crippen LogP contribution in [0.15, 0.2) is 24.3 Å². The summed E-state index contributed by atoms with van der Waals surface area (Å²) in [5.74, 6) is 0.817. The van der Waals surface area contributed by atoms with Crippen LogP contribution in [0.4, 0.5) is 0 Å². The SMILES string of the molecule is CCCN1CCC(N)C1c1ccccc1C1CC1. The molecule has 2 heteroatoms. The van der Waals surface area contributed by atoms with Gasteiger partial charge in [0.05, 0.1) is 6.04 Å². The molecule has 0 bridgehead atoms. The Morgan fingerprint density at radius 1 is 1.17 bits per heavy atom. The van der Waals surface area contributed by atoms with Crippen molar-refractivity contribution < 1.29 is 0 Å². The van der Waals surface area contributed by atoms with Gasteiger partial charge in [0.1, 0.15) is 0 Å². The van der Waals surface area contributed by atoms with Gasteiger partial charge in [-0.2, -0.15) is 0 Å². The van der Waals surface area contributed by atoms with Gasteiger partial charge < -0.3 is 5.73 Å². The van der Waals surface area contributed by atoms with Gasteiger partial charge in [-0.05, 0) is 49.3 Å². The summed E-state index contributed by atoms with van der Waals surface area (Å²) in [4.78, 5) is 2.59. The van der Waals surface area contributed by atoms with E-state index in [4.69, 9.17) is 5.73 Å². The van der Waals surface area contributed by atoms with Crippen LogP contribution >= 0.6 is 0 Å². The van der Waals surface area contributed by atoms with Crippen molar-refractivity contribution in [3.63, 3.8) is 0 Å². The lowest BCUT2D eigenvalue weighted by molar-refractivity contribution is 0.247. The molecule has 0 radical (unpaired) electrons. The Morgan fingerprint density at radius 3 is 2.56 bits per heavy atom. The average Bonchev–Trinajstić information content (AvgIpc) is 3.16. The molecule has 2 N–H and O–H groups in total. The van der Waals surface area contributed by atoms with Crippen LogP contribution in [-0.4, -0.2) is 24.0 Å². The van der Waals surface area contributed by atoms with E-state index in [1.54, 1.807) is 5.56 Å². The van der Waals surface area contributed by atoms with Crippen LogP contribution in [-0.2, 0) is 0 Å². The summed E-state index contributed by atoms with van der Waals surface area (Å²) < 4.78 is 0. The summed E-state index contributed by atoms with van der Waals surface area (Å²) >= 11 is 0. The molecule has 1 aliphatic heterocycles. The molecule has 1 saturated carbocycles. The lowest BCUT2D eigenvalue weighted by Gasteiger charge is -2.28. The maximum atomic E-state index is 6.38. The molecule has 3 rings (SSSR count). The predicted molar refractivity (Wildman–Crippen MR) is 75.6 cm³/mol. The van der Waals surface area contributed by atoms with Gasteiger partial charge in [-0.15, -0.1) is 0 Å². The Kier molecular flexibility index (Phi) is 3.40. The third-order valence-electron chi connectivity index (χ3n) is 4.39. The number of nitrogens with zero attached hydrogens (tertiary/aromatic N) is 1. The van der Waals surface area contributed by atoms with E-state index in [0.717, 1.165) is 12.3 Å². The van der Waals surface area contributed by atoms with Gasteiger partial charge >= 0.3 is 0 Å². The maximum Gasteiger partial charge on any atom is 0.0502 e. The molecule has 2 nitrogen and oxygen atoms in total. The van der Waals surface area contributed by atoms with Crippen molar-refractivity contribution in [3.8, 4) is 0 Å². The van der Waals surface area contributed by atoms with Crippen molar-refractivity contribution in [1.29, 1.82) is 0 Å². The summed E-state index contributed by atoms with van der Waals surface area (Å²) in [5, 5.41) is 0. The van der Waals surface area contributed by atoms with E-state index in [1.165, 1.54) is 37.9 Å². The first kappa shape index (κ1) is 12.2. The molecule has 1 aromatic rings. The van der Waals surface area contributed by atoms with Crippen LogP contribution in [0.2, 0.25) is 0 Å². The lowest BCUT2D eigenvalue weighted by Crippen LogP contribution is -2.33. The third-order valence-corrected chi connectivity index (χ3v) is 4.39. The van der Waals surface area contributed by atoms with Crippen molar-refractivity contribution >= 4 is 0 Å². The van der Waals surface area contributed by atoms with Gasteiger partial charge in [-0.1, -0.05) is 31.2 Å². The van der Waals surface area contributed by atoms with Crippen LogP contribution in [0.1, 0.15) is 55.7 Å². The number of nitrogens with two attached hydrogens (primary N) is 1. The largest absolute Gasteiger partial charge is 0.326 e. The first-order valence-electron chi connectivity index (χ1n) is 7.39. The molecule has 1 aromatic carbocycles. The standard InChI is InChI=1S/C16H24N2/c1-2-10-18-11-9-15(17)16(18)14-6-4-3-5-13(14)12-7-8-12/h3-6,12,15-16H,2,7-11,17H2,1H3. The summed E-state index contributed by atoms with van der Waals surface area (Å²) in [5.41, 5.74) is 9.46. The zero-order valence-electron chi connectivity index (χ0n) is 11.3. The topological polar surface area (TPSA) is 29.3 Å². The van der Waals surface area contributed by atoms with E-state index in [9.17, 15) is 0 Å². The zero-order valence-corrected chi connectivity index (χ0v) is 11.3. The highest BCUT2D eigenvalue weighted by Gasteiger charge is 2.36. The molecule has 1 aliphatic carbocycles. The Labute approximate surface area is 110 Å². The lowest BCUT2D eigenvalue weighted by atomic mass is 9.93. The summed E-state index contributed by atoms with van der Waals surface area (Å²) in [6.45, 7) is 4.60. The highest BCUT2D eigenvalue weighted by atomic mass is 15.2. The molecule has 0 aromatic heterocycles. The molecule has 2 unspecified atom stereocenters. The molecular weight excluding hydrogens is 220 g/mol. The Morgan fingerprint density at radius 2 is 1.89 bits per heavy atom. The van der Waals surface area contributed by atoms with Crippen molar-refractivity contribution in [2.45, 2.75) is 50.6 Å². The highest BCUT2D eigenvalue weighted by molar-refractivity contribution is 5.37. The fraction of sp³-hybridized carbons (Fsp3) is 0.625. The highest BCUT2D eigenvalue weighted by Crippen LogP contribution is 2.45. The Balaban J connectivity index is 1.91. The third kappa shape index (κ3) is 2.19. The number of benzene rings is 1. The van der Waals surface area contributed by atoms with Crippen molar-refractivity contribution in [2.75, 3.05) is 13.1 Å². The Bertz CT molecular complexity index is 409. The van der Waals surface area contributed by atoms with Gasteiger partial charge in [0.25, 0.3) is 0 Å². The maximum absolute atomic E-state index is 6.38. The molecule has 98 valence electrons. The predicted octanol–water partition coefficient (Wildman–Crippen LogP) is 3.05. The average molecular weight is 244 g/mol. The molecule has 18 heavy (non-hydrogen) atoms. The van der Waals surface area contributed by atoms with E-state index in [1.807, 2.05) is 0 Å². The van der Waals surface area contributed by atoms with Gasteiger partial charge in [-0.25, -0.2) is 0 Å². The van der Waals surface area contributed by atoms with Crippen molar-refractivity contribution in [1.82, 2.24) is 4.90 Å². The van der Waals surface area contributed by atoms with Gasteiger partial charge in [0.2, 0.25) is 0 Å². The molecule has 1 saturated heterocycles. The summed E-state index contributed by atoms with van der Waals surface area (Å²) in [6.07, 6.45) is 5.10. The quantitative estimate of drug-likeness (QED) is 0.882. The normalized spacial score (nSPS) is 28.8. The van der Waals surface area contributed by atoms with E-state index in [-0.39, 0.29) is 0 Å². The Hall–Kier alpha value is -0.860. The number of likely N-dealkylation sites (tertiary alicyclic amines) is 1. The number of hydrogen-bond acceptors (Lipinski definition) is 2. The molecular formula is C16H24N2. The van der Waals surface area contributed by atoms with Crippen LogP contribution in [0.5, 0.6) is 0 Å². The van der Waals surface area contributed by atoms with Gasteiger partial charge in [-0.3, -0.25) is 4.90 Å². The van der Waals surface area contributed by atoms with Crippen LogP contribution in [0, 0.1) is 0 Å². The minimum atomic E-state index is 0.316. The second-order valence-corrected chi connectivity index (χ2v) is 5.84. The zero-order chi connectivity index (χ0) is 12.5. The van der Waals surface area contributed by atoms with E-state index < -0.39 is 0 Å². The second kappa shape index (κ2) is 5.02. The smallest absolute Gasteiger partial charge is 0.0502 e. The molecule has 2 aliphatic rings. The van der Waals surface area contributed by atoms with Gasteiger partial charge in [0, 0.05) is 12.6 Å². The second-order valence-electron chi connectivity index (χ2n) is 5.84. The minimum absolute atomic E-state index is 0.316. The van der Waals surface area contributed by atoms with Crippen LogP contribution in [0.3, 0.4) is 0 Å². The van der Waals surface area contributed by atoms with Crippen LogP contribution < -0.4 is 5.73 Å². The number of rotatable bonds is 4. The fourth-order valence-corrected chi connectivity index (χ4v) is 3.39. The van der Waals surface area contributed by atoms with Crippen LogP contribution in [0.25, 0.3) is 0 Å². The molecule has 2 fully saturated rings. The minimum Gasteiger partial charge on any atom is -0.326 e. The molecule has 1 heterocycles. The number of hydrogen-bond donors (Lipinski definition) is 1. The molecule has 0 spiro atoms. The van der Waals surface area contributed by atoms with E-state index in [2.05, 4.69) is 36.1 Å². The molecule has 0 amide bonds. The fourth-order valence-electron chi connectivity index (χ4n) is 3.39. The van der Waals surface area contributed by atoms with E-state index in [0.29, 0.717) is 12.1 Å². The summed E-state index contributed by atoms with van der Waals surface area (Å²) in [6, 6.07) is 9.77. The molecule has 2 atom stereocenters. The first-order valence-corrected chi connectivity index (χ1v) is 7.39.